The molecule has 6 rings (SSSR count). The number of aromatic hydroxyl groups is 5. The van der Waals surface area contributed by atoms with E-state index in [1.807, 2.05) is 0 Å². The number of rotatable bonds is 9. The zero-order valence-electron chi connectivity index (χ0n) is 26.9. The zero-order valence-corrected chi connectivity index (χ0v) is 39.6. The van der Waals surface area contributed by atoms with Gasteiger partial charge in [0.2, 0.25) is 11.6 Å². The van der Waals surface area contributed by atoms with E-state index >= 15 is 9.59 Å². The number of aromatic nitrogens is 1. The van der Waals surface area contributed by atoms with Crippen molar-refractivity contribution in [2.24, 2.45) is 0 Å². The lowest BCUT2D eigenvalue weighted by atomic mass is 9.91. The fraction of sp³-hybridized carbons (Fsp3) is 0.0526. The van der Waals surface area contributed by atoms with Crippen LogP contribution in [0.5, 0.6) is 28.7 Å². The van der Waals surface area contributed by atoms with Gasteiger partial charge in [-0.2, -0.15) is 0 Å². The van der Waals surface area contributed by atoms with Gasteiger partial charge in [-0.25, -0.2) is 0 Å². The van der Waals surface area contributed by atoms with E-state index in [9.17, 15) is 25.5 Å². The quantitative estimate of drug-likeness (QED) is 0.0908. The summed E-state index contributed by atoms with van der Waals surface area (Å²) >= 11 is 27.2. The molecular weight excluding hydrogens is 1220 g/mol. The lowest BCUT2D eigenvalue weighted by Crippen LogP contribution is -2.18. The Labute approximate surface area is 375 Å². The van der Waals surface area contributed by atoms with Gasteiger partial charge in [-0.15, -0.1) is 0 Å². The maximum atomic E-state index is 15.2. The standard InChI is InChI=1S/C38H21Br8NO7/c39-21-7-16(8-22(40)35(21)51)29-30(17-9-23(41)36(52)24(42)10-17)32(34(50)19-13-27(45)38(54)28(46)14-19)47(6-5-15-1-3-20(48)4-2-15)31(29)33(49)18-11-25(43)37(53)26(44)12-18/h1-4,7-14,48,51-54H,5-6H2. The molecule has 5 aromatic carbocycles. The first kappa shape index (κ1) is 41.2. The summed E-state index contributed by atoms with van der Waals surface area (Å²) in [5.41, 5.74) is 2.84. The van der Waals surface area contributed by atoms with Crippen molar-refractivity contribution in [3.8, 4) is 51.0 Å². The molecule has 0 aliphatic heterocycles. The molecule has 0 aliphatic carbocycles. The maximum absolute atomic E-state index is 15.2. The van der Waals surface area contributed by atoms with Crippen LogP contribution in [0, 0.1) is 0 Å². The number of benzene rings is 5. The fourth-order valence-corrected chi connectivity index (χ4v) is 10.6. The lowest BCUT2D eigenvalue weighted by molar-refractivity contribution is 0.102. The van der Waals surface area contributed by atoms with Crippen LogP contribution in [0.3, 0.4) is 0 Å². The molecule has 0 atom stereocenters. The van der Waals surface area contributed by atoms with Crippen molar-refractivity contribution in [2.45, 2.75) is 13.0 Å². The molecule has 6 aromatic rings. The molecule has 8 nitrogen and oxygen atoms in total. The number of halogens is 8. The highest BCUT2D eigenvalue weighted by Crippen LogP contribution is 2.49. The van der Waals surface area contributed by atoms with Crippen molar-refractivity contribution in [3.05, 3.63) is 137 Å². The number of aryl methyl sites for hydroxylation is 1. The van der Waals surface area contributed by atoms with Crippen molar-refractivity contribution in [1.82, 2.24) is 4.57 Å². The highest BCUT2D eigenvalue weighted by atomic mass is 79.9. The van der Waals surface area contributed by atoms with Crippen LogP contribution in [0.1, 0.15) is 37.7 Å². The van der Waals surface area contributed by atoms with E-state index in [1.165, 1.54) is 24.3 Å². The summed E-state index contributed by atoms with van der Waals surface area (Å²) < 4.78 is 3.86. The second-order valence-corrected chi connectivity index (χ2v) is 18.7. The number of ketones is 2. The summed E-state index contributed by atoms with van der Waals surface area (Å²) in [5, 5.41) is 52.6. The summed E-state index contributed by atoms with van der Waals surface area (Å²) in [6.45, 7) is 0.0849. The van der Waals surface area contributed by atoms with E-state index in [2.05, 4.69) is 127 Å². The predicted molar refractivity (Wildman–Crippen MR) is 235 cm³/mol. The molecule has 5 N–H and O–H groups in total. The van der Waals surface area contributed by atoms with Gasteiger partial charge in [0.05, 0.1) is 47.2 Å². The van der Waals surface area contributed by atoms with E-state index in [-0.39, 0.29) is 75.7 Å². The van der Waals surface area contributed by atoms with Crippen LogP contribution in [0.2, 0.25) is 0 Å². The van der Waals surface area contributed by atoms with Crippen LogP contribution in [-0.4, -0.2) is 41.7 Å². The number of hydrogen-bond donors (Lipinski definition) is 5. The van der Waals surface area contributed by atoms with Gasteiger partial charge < -0.3 is 30.1 Å². The molecule has 0 spiro atoms. The number of carbonyl (C=O) groups excluding carboxylic acids is 2. The van der Waals surface area contributed by atoms with Gasteiger partial charge in [0.1, 0.15) is 28.7 Å². The molecular formula is C38H21Br8NO7. The molecule has 0 fully saturated rings. The maximum Gasteiger partial charge on any atom is 0.210 e. The first-order chi connectivity index (χ1) is 25.5. The third-order valence-electron chi connectivity index (χ3n) is 8.42. The Bertz CT molecular complexity index is 2290. The van der Waals surface area contributed by atoms with Gasteiger partial charge >= 0.3 is 0 Å². The third-order valence-corrected chi connectivity index (χ3v) is 13.3. The Kier molecular flexibility index (Phi) is 12.6. The molecule has 0 radical (unpaired) electrons. The van der Waals surface area contributed by atoms with E-state index in [0.29, 0.717) is 46.6 Å². The second kappa shape index (κ2) is 16.6. The Hall–Kier alpha value is -2.44. The number of nitrogens with zero attached hydrogens (tertiary/aromatic N) is 1. The van der Waals surface area contributed by atoms with Crippen molar-refractivity contribution in [3.63, 3.8) is 0 Å². The van der Waals surface area contributed by atoms with Crippen molar-refractivity contribution in [2.75, 3.05) is 0 Å². The van der Waals surface area contributed by atoms with Gasteiger partial charge in [0, 0.05) is 28.8 Å². The molecule has 0 saturated carbocycles. The summed E-state index contributed by atoms with van der Waals surface area (Å²) in [4.78, 5) is 30.4. The molecule has 276 valence electrons. The van der Waals surface area contributed by atoms with Crippen molar-refractivity contribution < 1.29 is 35.1 Å². The molecule has 1 aromatic heterocycles. The molecule has 54 heavy (non-hydrogen) atoms. The van der Waals surface area contributed by atoms with Crippen LogP contribution >= 0.6 is 127 Å². The molecule has 0 unspecified atom stereocenters. The molecule has 1 heterocycles. The topological polar surface area (TPSA) is 140 Å². The summed E-state index contributed by atoms with van der Waals surface area (Å²) in [7, 11) is 0. The molecule has 0 aliphatic rings. The monoisotopic (exact) mass is 1230 g/mol. The first-order valence-electron chi connectivity index (χ1n) is 15.3. The summed E-state index contributed by atoms with van der Waals surface area (Å²) in [6.07, 6.45) is 0.312. The Morgan fingerprint density at radius 1 is 0.463 bits per heavy atom. The average molecular weight is 1240 g/mol. The Balaban J connectivity index is 1.82. The highest BCUT2D eigenvalue weighted by Gasteiger charge is 2.35. The molecule has 0 bridgehead atoms. The van der Waals surface area contributed by atoms with E-state index in [1.54, 1.807) is 53.1 Å². The normalized spacial score (nSPS) is 11.3. The first-order valence-corrected chi connectivity index (χ1v) is 21.7. The number of phenolic OH excluding ortho intramolecular Hbond substituents is 5. The van der Waals surface area contributed by atoms with Gasteiger partial charge in [-0.1, -0.05) is 12.1 Å². The van der Waals surface area contributed by atoms with Crippen molar-refractivity contribution >= 4 is 139 Å². The van der Waals surface area contributed by atoms with Crippen molar-refractivity contribution in [1.29, 1.82) is 0 Å². The number of phenols is 5. The Morgan fingerprint density at radius 2 is 0.759 bits per heavy atom. The van der Waals surface area contributed by atoms with Crippen LogP contribution in [0.15, 0.2) is 109 Å². The van der Waals surface area contributed by atoms with Crippen LogP contribution in [0.25, 0.3) is 22.3 Å². The minimum atomic E-state index is -0.511. The minimum absolute atomic E-state index is 0.0787. The second-order valence-electron chi connectivity index (χ2n) is 11.8. The van der Waals surface area contributed by atoms with Gasteiger partial charge in [0.25, 0.3) is 0 Å². The molecule has 16 heteroatoms. The van der Waals surface area contributed by atoms with Crippen LogP contribution in [0.4, 0.5) is 0 Å². The van der Waals surface area contributed by atoms with Crippen LogP contribution < -0.4 is 0 Å². The Morgan fingerprint density at radius 3 is 1.07 bits per heavy atom. The minimum Gasteiger partial charge on any atom is -0.508 e. The van der Waals surface area contributed by atoms with Gasteiger partial charge in [-0.3, -0.25) is 9.59 Å². The highest BCUT2D eigenvalue weighted by molar-refractivity contribution is 9.12. The average Bonchev–Trinajstić information content (AvgIpc) is 3.47. The number of hydrogen-bond acceptors (Lipinski definition) is 7. The number of carbonyl (C=O) groups is 2. The molecule has 0 amide bonds. The van der Waals surface area contributed by atoms with Crippen LogP contribution in [-0.2, 0) is 13.0 Å². The fourth-order valence-electron chi connectivity index (χ4n) is 5.87. The lowest BCUT2D eigenvalue weighted by Gasteiger charge is -2.16. The largest absolute Gasteiger partial charge is 0.508 e. The zero-order chi connectivity index (χ0) is 39.3. The predicted octanol–water partition coefficient (Wildman–Crippen LogP) is 13.2. The third kappa shape index (κ3) is 8.04. The van der Waals surface area contributed by atoms with Gasteiger partial charge in [-0.05, 0) is 211 Å². The van der Waals surface area contributed by atoms with E-state index in [0.717, 1.165) is 5.56 Å². The summed E-state index contributed by atoms with van der Waals surface area (Å²) in [5.74, 6) is -1.34. The smallest absolute Gasteiger partial charge is 0.210 e. The van der Waals surface area contributed by atoms with E-state index in [4.69, 9.17) is 0 Å². The SMILES string of the molecule is O=C(c1cc(Br)c(O)c(Br)c1)c1c(-c2cc(Br)c(O)c(Br)c2)c(-c2cc(Br)c(O)c(Br)c2)c(C(=O)c2cc(Br)c(O)c(Br)c2)n1CCc1ccc(O)cc1. The summed E-state index contributed by atoms with van der Waals surface area (Å²) in [6, 6.07) is 19.1. The van der Waals surface area contributed by atoms with E-state index < -0.39 is 11.6 Å². The molecule has 0 saturated heterocycles. The van der Waals surface area contributed by atoms with Gasteiger partial charge in [0.15, 0.2) is 0 Å².